The summed E-state index contributed by atoms with van der Waals surface area (Å²) in [5, 5.41) is 0. The molecule has 6 heteroatoms. The first-order chi connectivity index (χ1) is 40.5. The monoisotopic (exact) mass is 1140 g/mol. The van der Waals surface area contributed by atoms with Gasteiger partial charge in [0.05, 0.1) is 0 Å². The third kappa shape index (κ3) is 66.9. The van der Waals surface area contributed by atoms with Gasteiger partial charge in [0.2, 0.25) is 0 Å². The molecule has 0 aliphatic rings. The Morgan fingerprint density at radius 1 is 0.256 bits per heavy atom. The molecule has 0 heterocycles. The summed E-state index contributed by atoms with van der Waals surface area (Å²) in [5.74, 6) is -0.901. The van der Waals surface area contributed by atoms with Gasteiger partial charge in [-0.2, -0.15) is 0 Å². The number of carbonyl (C=O) groups excluding carboxylic acids is 3. The highest BCUT2D eigenvalue weighted by atomic mass is 16.6. The lowest BCUT2D eigenvalue weighted by molar-refractivity contribution is -0.167. The van der Waals surface area contributed by atoms with Crippen molar-refractivity contribution >= 4 is 17.9 Å². The second-order valence-electron chi connectivity index (χ2n) is 23.0. The molecular weight excluding hydrogens is 1010 g/mol. The Kier molecular flexibility index (Phi) is 66.2. The van der Waals surface area contributed by atoms with Gasteiger partial charge in [0.1, 0.15) is 13.2 Å². The molecule has 0 radical (unpaired) electrons. The second-order valence-corrected chi connectivity index (χ2v) is 23.0. The van der Waals surface area contributed by atoms with Crippen LogP contribution in [0.4, 0.5) is 0 Å². The zero-order valence-corrected chi connectivity index (χ0v) is 54.0. The number of hydrogen-bond donors (Lipinski definition) is 0. The minimum absolute atomic E-state index is 0.0861. The van der Waals surface area contributed by atoms with Crippen LogP contribution in [0.25, 0.3) is 0 Å². The molecule has 1 unspecified atom stereocenters. The SMILES string of the molecule is CC/C=C\C/C=C\C/C=C\C/C=C\CCCCCCCCCCCCCCCCCCC(=O)OCC(COC(=O)CCCCCC/C=C\C/C=C\C/C=C\C/C=C\CC)OC(=O)CCCCCCCCC/C=C\CCCCCCCCC. The Morgan fingerprint density at radius 3 is 0.756 bits per heavy atom. The van der Waals surface area contributed by atoms with Crippen molar-refractivity contribution in [2.24, 2.45) is 0 Å². The molecule has 82 heavy (non-hydrogen) atoms. The van der Waals surface area contributed by atoms with Crippen LogP contribution in [0, 0.1) is 0 Å². The standard InChI is InChI=1S/C76H130O6/c1-4-7-10-13-16-19-22-25-28-31-33-34-35-36-37-38-39-40-41-42-43-46-48-51-54-57-60-63-66-69-75(78)81-72-73(71-80-74(77)68-65-62-59-56-53-50-47-44-30-27-24-21-18-15-12-9-6-3)82-76(79)70-67-64-61-58-55-52-49-45-32-29-26-23-20-17-14-11-8-5-2/h7,9-10,12,16,18-19,21,25,27-30,32-34,47,50,73H,4-6,8,11,13-15,17,20,22-24,26,31,35-46,48-49,51-72H2,1-3H3/b10-7-,12-9-,19-16-,21-18-,28-25-,30-27-,32-29-,34-33-,50-47-. The Morgan fingerprint density at radius 2 is 0.476 bits per heavy atom. The number of carbonyl (C=O) groups is 3. The summed E-state index contributed by atoms with van der Waals surface area (Å²) >= 11 is 0. The van der Waals surface area contributed by atoms with Crippen molar-refractivity contribution in [3.8, 4) is 0 Å². The van der Waals surface area contributed by atoms with E-state index in [4.69, 9.17) is 14.2 Å². The lowest BCUT2D eigenvalue weighted by atomic mass is 10.0. The van der Waals surface area contributed by atoms with Gasteiger partial charge in [-0.25, -0.2) is 0 Å². The Hall–Kier alpha value is -3.93. The van der Waals surface area contributed by atoms with Crippen molar-refractivity contribution in [2.75, 3.05) is 13.2 Å². The molecule has 0 fully saturated rings. The number of rotatable bonds is 63. The molecule has 0 aliphatic carbocycles. The number of unbranched alkanes of at least 4 members (excludes halogenated alkanes) is 34. The van der Waals surface area contributed by atoms with E-state index in [1.54, 1.807) is 0 Å². The van der Waals surface area contributed by atoms with Crippen LogP contribution in [0.5, 0.6) is 0 Å². The molecule has 0 saturated carbocycles. The summed E-state index contributed by atoms with van der Waals surface area (Å²) < 4.78 is 17.0. The fraction of sp³-hybridized carbons (Fsp3) is 0.724. The molecule has 0 rings (SSSR count). The third-order valence-corrected chi connectivity index (χ3v) is 15.0. The Bertz CT molecular complexity index is 1640. The lowest BCUT2D eigenvalue weighted by Gasteiger charge is -2.18. The summed E-state index contributed by atoms with van der Waals surface area (Å²) in [5.41, 5.74) is 0. The van der Waals surface area contributed by atoms with E-state index < -0.39 is 6.10 Å². The minimum Gasteiger partial charge on any atom is -0.462 e. The van der Waals surface area contributed by atoms with Crippen LogP contribution in [0.1, 0.15) is 335 Å². The molecule has 1 atom stereocenters. The van der Waals surface area contributed by atoms with E-state index >= 15 is 0 Å². The highest BCUT2D eigenvalue weighted by molar-refractivity contribution is 5.71. The zero-order valence-electron chi connectivity index (χ0n) is 54.0. The summed E-state index contributed by atoms with van der Waals surface area (Å²) in [6, 6.07) is 0. The van der Waals surface area contributed by atoms with Crippen molar-refractivity contribution in [1.29, 1.82) is 0 Å². The van der Waals surface area contributed by atoms with E-state index in [-0.39, 0.29) is 31.1 Å². The first-order valence-corrected chi connectivity index (χ1v) is 34.9. The first-order valence-electron chi connectivity index (χ1n) is 34.9. The average Bonchev–Trinajstić information content (AvgIpc) is 3.47. The van der Waals surface area contributed by atoms with Crippen LogP contribution in [0.3, 0.4) is 0 Å². The fourth-order valence-electron chi connectivity index (χ4n) is 9.83. The Labute approximate surface area is 508 Å². The molecule has 0 bridgehead atoms. The predicted molar refractivity (Wildman–Crippen MR) is 357 cm³/mol. The van der Waals surface area contributed by atoms with E-state index in [9.17, 15) is 14.4 Å². The molecule has 0 N–H and O–H groups in total. The van der Waals surface area contributed by atoms with Gasteiger partial charge in [0, 0.05) is 19.3 Å². The van der Waals surface area contributed by atoms with Crippen molar-refractivity contribution < 1.29 is 28.6 Å². The van der Waals surface area contributed by atoms with Crippen molar-refractivity contribution in [3.63, 3.8) is 0 Å². The number of esters is 3. The average molecular weight is 1140 g/mol. The van der Waals surface area contributed by atoms with Gasteiger partial charge in [0.25, 0.3) is 0 Å². The number of hydrogen-bond acceptors (Lipinski definition) is 6. The maximum atomic E-state index is 12.9. The van der Waals surface area contributed by atoms with E-state index in [0.29, 0.717) is 19.3 Å². The van der Waals surface area contributed by atoms with Crippen molar-refractivity contribution in [2.45, 2.75) is 341 Å². The molecular formula is C76H130O6. The maximum Gasteiger partial charge on any atom is 0.306 e. The molecule has 0 spiro atoms. The van der Waals surface area contributed by atoms with Gasteiger partial charge < -0.3 is 14.2 Å². The highest BCUT2D eigenvalue weighted by Crippen LogP contribution is 2.17. The lowest BCUT2D eigenvalue weighted by Crippen LogP contribution is -2.30. The minimum atomic E-state index is -0.793. The zero-order chi connectivity index (χ0) is 59.2. The van der Waals surface area contributed by atoms with Crippen LogP contribution in [0.2, 0.25) is 0 Å². The number of allylic oxidation sites excluding steroid dienone is 18. The quantitative estimate of drug-likeness (QED) is 0.0261. The van der Waals surface area contributed by atoms with E-state index in [2.05, 4.69) is 130 Å². The molecule has 0 aromatic carbocycles. The van der Waals surface area contributed by atoms with Crippen LogP contribution < -0.4 is 0 Å². The normalized spacial score (nSPS) is 12.8. The molecule has 0 aliphatic heterocycles. The van der Waals surface area contributed by atoms with Gasteiger partial charge in [-0.3, -0.25) is 14.4 Å². The highest BCUT2D eigenvalue weighted by Gasteiger charge is 2.19. The van der Waals surface area contributed by atoms with Crippen LogP contribution in [-0.2, 0) is 28.6 Å². The van der Waals surface area contributed by atoms with Crippen molar-refractivity contribution in [3.05, 3.63) is 109 Å². The van der Waals surface area contributed by atoms with Crippen LogP contribution in [0.15, 0.2) is 109 Å². The molecule has 6 nitrogen and oxygen atoms in total. The molecule has 0 amide bonds. The van der Waals surface area contributed by atoms with E-state index in [1.807, 2.05) is 0 Å². The summed E-state index contributed by atoms with van der Waals surface area (Å²) in [7, 11) is 0. The maximum absolute atomic E-state index is 12.9. The summed E-state index contributed by atoms with van der Waals surface area (Å²) in [4.78, 5) is 38.4. The third-order valence-electron chi connectivity index (χ3n) is 15.0. The van der Waals surface area contributed by atoms with E-state index in [0.717, 1.165) is 122 Å². The topological polar surface area (TPSA) is 78.9 Å². The largest absolute Gasteiger partial charge is 0.462 e. The van der Waals surface area contributed by atoms with Gasteiger partial charge in [-0.1, -0.05) is 304 Å². The smallest absolute Gasteiger partial charge is 0.306 e. The first kappa shape index (κ1) is 78.1. The molecule has 0 aromatic heterocycles. The summed E-state index contributed by atoms with van der Waals surface area (Å²) in [6.45, 7) is 6.43. The van der Waals surface area contributed by atoms with Crippen LogP contribution in [-0.4, -0.2) is 37.2 Å². The second kappa shape index (κ2) is 69.6. The van der Waals surface area contributed by atoms with Gasteiger partial charge in [-0.05, 0) is 122 Å². The van der Waals surface area contributed by atoms with Gasteiger partial charge in [-0.15, -0.1) is 0 Å². The summed E-state index contributed by atoms with van der Waals surface area (Å²) in [6.07, 6.45) is 95.4. The number of ether oxygens (including phenoxy) is 3. The van der Waals surface area contributed by atoms with Gasteiger partial charge >= 0.3 is 17.9 Å². The van der Waals surface area contributed by atoms with Crippen LogP contribution >= 0.6 is 0 Å². The Balaban J connectivity index is 4.31. The van der Waals surface area contributed by atoms with Gasteiger partial charge in [0.15, 0.2) is 6.10 Å². The fourth-order valence-corrected chi connectivity index (χ4v) is 9.83. The molecule has 0 saturated heterocycles. The predicted octanol–water partition coefficient (Wildman–Crippen LogP) is 24.2. The van der Waals surface area contributed by atoms with Crippen molar-refractivity contribution in [1.82, 2.24) is 0 Å². The van der Waals surface area contributed by atoms with E-state index in [1.165, 1.54) is 173 Å². The molecule has 470 valence electrons. The molecule has 0 aromatic rings.